The average Bonchev–Trinajstić information content (AvgIpc) is 2.37. The highest BCUT2D eigenvalue weighted by molar-refractivity contribution is 5.40. The van der Waals surface area contributed by atoms with Crippen molar-refractivity contribution < 1.29 is 0 Å². The third-order valence-electron chi connectivity index (χ3n) is 3.08. The summed E-state index contributed by atoms with van der Waals surface area (Å²) >= 11 is 0. The summed E-state index contributed by atoms with van der Waals surface area (Å²) in [7, 11) is 0. The molecule has 0 fully saturated rings. The van der Waals surface area contributed by atoms with Gasteiger partial charge in [0, 0.05) is 6.04 Å². The standard InChI is InChI=1S/C17H19N3/c1-12-7-13(2)9-15(8-12)10-14(3)19-17-6-4-5-16(11-18)20-17/h4-9,14H,10H2,1-3H3,(H,19,20). The number of nitrogens with one attached hydrogen (secondary N) is 1. The molecule has 102 valence electrons. The van der Waals surface area contributed by atoms with Crippen LogP contribution in [0.4, 0.5) is 5.82 Å². The third-order valence-corrected chi connectivity index (χ3v) is 3.08. The van der Waals surface area contributed by atoms with Crippen molar-refractivity contribution in [2.45, 2.75) is 33.2 Å². The third kappa shape index (κ3) is 3.83. The second kappa shape index (κ2) is 6.21. The van der Waals surface area contributed by atoms with Gasteiger partial charge in [-0.25, -0.2) is 4.98 Å². The maximum atomic E-state index is 8.85. The lowest BCUT2D eigenvalue weighted by Crippen LogP contribution is -2.19. The molecule has 0 saturated heterocycles. The van der Waals surface area contributed by atoms with Gasteiger partial charge in [0.25, 0.3) is 0 Å². The van der Waals surface area contributed by atoms with Crippen LogP contribution in [0.15, 0.2) is 36.4 Å². The molecule has 2 rings (SSSR count). The number of benzene rings is 1. The fourth-order valence-electron chi connectivity index (χ4n) is 2.42. The second-order valence-electron chi connectivity index (χ2n) is 5.27. The molecule has 2 aromatic rings. The Labute approximate surface area is 120 Å². The van der Waals surface area contributed by atoms with Crippen LogP contribution < -0.4 is 5.32 Å². The topological polar surface area (TPSA) is 48.7 Å². The number of hydrogen-bond donors (Lipinski definition) is 1. The van der Waals surface area contributed by atoms with Crippen LogP contribution in [-0.4, -0.2) is 11.0 Å². The van der Waals surface area contributed by atoms with Gasteiger partial charge in [-0.2, -0.15) is 5.26 Å². The van der Waals surface area contributed by atoms with Crippen LogP contribution in [-0.2, 0) is 6.42 Å². The van der Waals surface area contributed by atoms with Crippen LogP contribution in [0.5, 0.6) is 0 Å². The number of hydrogen-bond acceptors (Lipinski definition) is 3. The highest BCUT2D eigenvalue weighted by atomic mass is 15.0. The number of aromatic nitrogens is 1. The van der Waals surface area contributed by atoms with Crippen molar-refractivity contribution in [1.29, 1.82) is 5.26 Å². The van der Waals surface area contributed by atoms with E-state index < -0.39 is 0 Å². The van der Waals surface area contributed by atoms with Gasteiger partial charge in [-0.05, 0) is 44.9 Å². The smallest absolute Gasteiger partial charge is 0.142 e. The van der Waals surface area contributed by atoms with Gasteiger partial charge >= 0.3 is 0 Å². The Hall–Kier alpha value is -2.34. The van der Waals surface area contributed by atoms with Crippen LogP contribution in [0.2, 0.25) is 0 Å². The Bertz CT molecular complexity index is 621. The van der Waals surface area contributed by atoms with Gasteiger partial charge in [0.1, 0.15) is 17.6 Å². The lowest BCUT2D eigenvalue weighted by molar-refractivity contribution is 0.783. The molecule has 20 heavy (non-hydrogen) atoms. The van der Waals surface area contributed by atoms with Gasteiger partial charge in [-0.1, -0.05) is 35.4 Å². The van der Waals surface area contributed by atoms with Crippen molar-refractivity contribution in [1.82, 2.24) is 4.98 Å². The highest BCUT2D eigenvalue weighted by Gasteiger charge is 2.06. The van der Waals surface area contributed by atoms with Crippen LogP contribution in [0.25, 0.3) is 0 Å². The maximum Gasteiger partial charge on any atom is 0.142 e. The minimum Gasteiger partial charge on any atom is -0.367 e. The minimum atomic E-state index is 0.262. The summed E-state index contributed by atoms with van der Waals surface area (Å²) in [6, 6.07) is 14.4. The largest absolute Gasteiger partial charge is 0.367 e. The predicted molar refractivity (Wildman–Crippen MR) is 81.7 cm³/mol. The number of pyridine rings is 1. The molecule has 0 aliphatic carbocycles. The molecule has 1 atom stereocenters. The molecule has 3 heteroatoms. The summed E-state index contributed by atoms with van der Waals surface area (Å²) in [5.74, 6) is 0.751. The zero-order valence-electron chi connectivity index (χ0n) is 12.1. The number of rotatable bonds is 4. The molecule has 1 aromatic heterocycles. The molecule has 0 spiro atoms. The Morgan fingerprint density at radius 2 is 1.90 bits per heavy atom. The van der Waals surface area contributed by atoms with E-state index in [1.165, 1.54) is 16.7 Å². The molecule has 3 nitrogen and oxygen atoms in total. The van der Waals surface area contributed by atoms with E-state index in [4.69, 9.17) is 5.26 Å². The van der Waals surface area contributed by atoms with E-state index >= 15 is 0 Å². The maximum absolute atomic E-state index is 8.85. The molecular weight excluding hydrogens is 246 g/mol. The average molecular weight is 265 g/mol. The molecular formula is C17H19N3. The fraction of sp³-hybridized carbons (Fsp3) is 0.294. The molecule has 1 unspecified atom stereocenters. The van der Waals surface area contributed by atoms with Crippen molar-refractivity contribution in [2.75, 3.05) is 5.32 Å². The lowest BCUT2D eigenvalue weighted by atomic mass is 10.0. The van der Waals surface area contributed by atoms with E-state index in [2.05, 4.69) is 55.3 Å². The van der Waals surface area contributed by atoms with E-state index in [-0.39, 0.29) is 6.04 Å². The summed E-state index contributed by atoms with van der Waals surface area (Å²) in [5, 5.41) is 12.2. The summed E-state index contributed by atoms with van der Waals surface area (Å²) < 4.78 is 0. The van der Waals surface area contributed by atoms with Gasteiger partial charge in [-0.15, -0.1) is 0 Å². The van der Waals surface area contributed by atoms with Gasteiger partial charge in [-0.3, -0.25) is 0 Å². The van der Waals surface area contributed by atoms with E-state index in [0.29, 0.717) is 5.69 Å². The van der Waals surface area contributed by atoms with Crippen molar-refractivity contribution in [3.05, 3.63) is 58.8 Å². The van der Waals surface area contributed by atoms with E-state index in [0.717, 1.165) is 12.2 Å². The number of nitriles is 1. The summed E-state index contributed by atoms with van der Waals surface area (Å²) in [4.78, 5) is 4.24. The fourth-order valence-corrected chi connectivity index (χ4v) is 2.42. The minimum absolute atomic E-state index is 0.262. The Morgan fingerprint density at radius 3 is 2.55 bits per heavy atom. The second-order valence-corrected chi connectivity index (χ2v) is 5.27. The summed E-state index contributed by atoms with van der Waals surface area (Å²) in [5.41, 5.74) is 4.33. The summed E-state index contributed by atoms with van der Waals surface area (Å²) in [6.45, 7) is 6.36. The zero-order chi connectivity index (χ0) is 14.5. The van der Waals surface area contributed by atoms with Crippen LogP contribution >= 0.6 is 0 Å². The molecule has 0 saturated carbocycles. The molecule has 0 bridgehead atoms. The monoisotopic (exact) mass is 265 g/mol. The van der Waals surface area contributed by atoms with E-state index in [9.17, 15) is 0 Å². The van der Waals surface area contributed by atoms with Gasteiger partial charge in [0.2, 0.25) is 0 Å². The molecule has 1 heterocycles. The number of anilines is 1. The number of nitrogens with zero attached hydrogens (tertiary/aromatic N) is 2. The number of aryl methyl sites for hydroxylation is 2. The molecule has 0 aliphatic heterocycles. The molecule has 1 aromatic carbocycles. The SMILES string of the molecule is Cc1cc(C)cc(CC(C)Nc2cccc(C#N)n2)c1. The Balaban J connectivity index is 2.05. The van der Waals surface area contributed by atoms with Crippen molar-refractivity contribution in [3.63, 3.8) is 0 Å². The van der Waals surface area contributed by atoms with Crippen molar-refractivity contribution in [3.8, 4) is 6.07 Å². The van der Waals surface area contributed by atoms with E-state index in [1.54, 1.807) is 6.07 Å². The lowest BCUT2D eigenvalue weighted by Gasteiger charge is -2.15. The van der Waals surface area contributed by atoms with Crippen molar-refractivity contribution in [2.24, 2.45) is 0 Å². The summed E-state index contributed by atoms with van der Waals surface area (Å²) in [6.07, 6.45) is 0.932. The van der Waals surface area contributed by atoms with Gasteiger partial charge < -0.3 is 5.32 Å². The van der Waals surface area contributed by atoms with Crippen molar-refractivity contribution >= 4 is 5.82 Å². The highest BCUT2D eigenvalue weighted by Crippen LogP contribution is 2.13. The zero-order valence-corrected chi connectivity index (χ0v) is 12.1. The van der Waals surface area contributed by atoms with Crippen LogP contribution in [0.1, 0.15) is 29.3 Å². The Morgan fingerprint density at radius 1 is 1.20 bits per heavy atom. The predicted octanol–water partition coefficient (Wildman–Crippen LogP) is 3.61. The first-order chi connectivity index (χ1) is 9.56. The van der Waals surface area contributed by atoms with Gasteiger partial charge in [0.05, 0.1) is 0 Å². The first-order valence-electron chi connectivity index (χ1n) is 6.77. The Kier molecular flexibility index (Phi) is 4.37. The molecule has 1 N–H and O–H groups in total. The quantitative estimate of drug-likeness (QED) is 0.918. The molecule has 0 amide bonds. The first-order valence-corrected chi connectivity index (χ1v) is 6.77. The van der Waals surface area contributed by atoms with Crippen LogP contribution in [0.3, 0.4) is 0 Å². The molecule has 0 radical (unpaired) electrons. The molecule has 0 aliphatic rings. The first kappa shape index (κ1) is 14.1. The van der Waals surface area contributed by atoms with E-state index in [1.807, 2.05) is 12.1 Å². The van der Waals surface area contributed by atoms with Gasteiger partial charge in [0.15, 0.2) is 0 Å². The normalized spacial score (nSPS) is 11.7. The van der Waals surface area contributed by atoms with Crippen LogP contribution in [0, 0.1) is 25.2 Å².